The molecular formula is C14H28N4O. The number of hydrogen-bond donors (Lipinski definition) is 2. The Kier molecular flexibility index (Phi) is 4.96. The fourth-order valence-electron chi connectivity index (χ4n) is 2.33. The van der Waals surface area contributed by atoms with Crippen molar-refractivity contribution in [1.29, 1.82) is 0 Å². The number of nitrogens with one attached hydrogen (secondary N) is 2. The molecule has 19 heavy (non-hydrogen) atoms. The van der Waals surface area contributed by atoms with Gasteiger partial charge in [-0.1, -0.05) is 39.7 Å². The quantitative estimate of drug-likeness (QED) is 0.829. The van der Waals surface area contributed by atoms with E-state index >= 15 is 0 Å². The average Bonchev–Trinajstić information content (AvgIpc) is 2.57. The Bertz CT molecular complexity index is 390. The molecular weight excluding hydrogens is 240 g/mol. The molecule has 1 heterocycles. The minimum atomic E-state index is -0.0759. The summed E-state index contributed by atoms with van der Waals surface area (Å²) in [4.78, 5) is 0. The molecule has 5 nitrogen and oxygen atoms in total. The van der Waals surface area contributed by atoms with Crippen LogP contribution in [0.1, 0.15) is 60.8 Å². The number of hydrogen-bond acceptors (Lipinski definition) is 5. The van der Waals surface area contributed by atoms with Gasteiger partial charge in [-0.15, -0.1) is 5.10 Å². The molecule has 1 rings (SSSR count). The lowest BCUT2D eigenvalue weighted by Gasteiger charge is -2.32. The van der Waals surface area contributed by atoms with E-state index in [-0.39, 0.29) is 11.0 Å². The zero-order chi connectivity index (χ0) is 14.7. The van der Waals surface area contributed by atoms with Crippen LogP contribution in [0.3, 0.4) is 0 Å². The molecule has 0 amide bonds. The van der Waals surface area contributed by atoms with Gasteiger partial charge >= 0.3 is 6.01 Å². The molecule has 0 aromatic carbocycles. The van der Waals surface area contributed by atoms with Gasteiger partial charge < -0.3 is 15.1 Å². The number of anilines is 1. The highest BCUT2D eigenvalue weighted by atomic mass is 16.4. The summed E-state index contributed by atoms with van der Waals surface area (Å²) in [7, 11) is 0. The fourth-order valence-corrected chi connectivity index (χ4v) is 2.33. The van der Waals surface area contributed by atoms with Crippen LogP contribution in [0.5, 0.6) is 0 Å². The topological polar surface area (TPSA) is 63.0 Å². The molecule has 0 spiro atoms. The molecule has 0 radical (unpaired) electrons. The van der Waals surface area contributed by atoms with Crippen LogP contribution in [0.15, 0.2) is 4.42 Å². The minimum Gasteiger partial charge on any atom is -0.407 e. The van der Waals surface area contributed by atoms with Crippen molar-refractivity contribution in [3.63, 3.8) is 0 Å². The summed E-state index contributed by atoms with van der Waals surface area (Å²) < 4.78 is 5.59. The predicted molar refractivity (Wildman–Crippen MR) is 78.0 cm³/mol. The molecule has 0 aliphatic rings. The van der Waals surface area contributed by atoms with Crippen LogP contribution in [0.4, 0.5) is 6.01 Å². The molecule has 0 bridgehead atoms. The number of aromatic nitrogens is 2. The minimum absolute atomic E-state index is 0.0759. The van der Waals surface area contributed by atoms with Crippen molar-refractivity contribution in [1.82, 2.24) is 15.5 Å². The molecule has 110 valence electrons. The largest absolute Gasteiger partial charge is 0.407 e. The van der Waals surface area contributed by atoms with Crippen LogP contribution in [-0.2, 0) is 6.54 Å². The van der Waals surface area contributed by atoms with E-state index < -0.39 is 0 Å². The van der Waals surface area contributed by atoms with E-state index in [1.807, 2.05) is 0 Å². The van der Waals surface area contributed by atoms with Crippen molar-refractivity contribution >= 4 is 6.01 Å². The van der Waals surface area contributed by atoms with E-state index in [1.54, 1.807) is 0 Å². The molecule has 0 atom stereocenters. The predicted octanol–water partition coefficient (Wildman–Crippen LogP) is 3.19. The van der Waals surface area contributed by atoms with Crippen molar-refractivity contribution < 1.29 is 4.42 Å². The summed E-state index contributed by atoms with van der Waals surface area (Å²) in [5.74, 6) is 0.614. The third-order valence-corrected chi connectivity index (χ3v) is 2.55. The van der Waals surface area contributed by atoms with Gasteiger partial charge in [0.25, 0.3) is 0 Å². The molecule has 1 aromatic rings. The first-order valence-corrected chi connectivity index (χ1v) is 6.91. The van der Waals surface area contributed by atoms with Gasteiger partial charge in [-0.3, -0.25) is 0 Å². The highest BCUT2D eigenvalue weighted by Gasteiger charge is 2.26. The van der Waals surface area contributed by atoms with Gasteiger partial charge in [-0.25, -0.2) is 0 Å². The highest BCUT2D eigenvalue weighted by molar-refractivity contribution is 5.23. The summed E-state index contributed by atoms with van der Waals surface area (Å²) in [6.45, 7) is 15.7. The maximum absolute atomic E-state index is 5.59. The van der Waals surface area contributed by atoms with Gasteiger partial charge in [0, 0.05) is 11.6 Å². The fraction of sp³-hybridized carbons (Fsp3) is 0.857. The molecule has 0 fully saturated rings. The molecule has 0 saturated heterocycles. The van der Waals surface area contributed by atoms with E-state index in [0.29, 0.717) is 24.5 Å². The van der Waals surface area contributed by atoms with Gasteiger partial charge in [-0.05, 0) is 25.7 Å². The molecule has 0 aliphatic carbocycles. The van der Waals surface area contributed by atoms with E-state index in [9.17, 15) is 0 Å². The maximum atomic E-state index is 5.59. The molecule has 0 saturated carbocycles. The second-order valence-electron chi connectivity index (χ2n) is 7.28. The summed E-state index contributed by atoms with van der Waals surface area (Å²) in [6, 6.07) is 0.899. The third kappa shape index (κ3) is 6.57. The van der Waals surface area contributed by atoms with Gasteiger partial charge in [0.15, 0.2) is 0 Å². The van der Waals surface area contributed by atoms with Crippen LogP contribution in [0.2, 0.25) is 0 Å². The molecule has 2 N–H and O–H groups in total. The highest BCUT2D eigenvalue weighted by Crippen LogP contribution is 2.29. The normalized spacial score (nSPS) is 13.1. The maximum Gasteiger partial charge on any atom is 0.315 e. The molecule has 1 aromatic heterocycles. The first-order chi connectivity index (χ1) is 8.57. The molecule has 0 aliphatic heterocycles. The van der Waals surface area contributed by atoms with Crippen molar-refractivity contribution in [2.45, 2.75) is 73.0 Å². The van der Waals surface area contributed by atoms with Crippen molar-refractivity contribution in [3.05, 3.63) is 5.89 Å². The first kappa shape index (κ1) is 16.0. The Morgan fingerprint density at radius 2 is 1.74 bits per heavy atom. The second kappa shape index (κ2) is 5.90. The second-order valence-corrected chi connectivity index (χ2v) is 7.28. The van der Waals surface area contributed by atoms with Gasteiger partial charge in [-0.2, -0.15) is 0 Å². The van der Waals surface area contributed by atoms with E-state index in [0.717, 1.165) is 6.42 Å². The number of rotatable bonds is 6. The SMILES string of the molecule is CC(C)NCc1nnc(NC(C)(C)CC(C)(C)C)o1. The van der Waals surface area contributed by atoms with Crippen LogP contribution < -0.4 is 10.6 Å². The Labute approximate surface area is 116 Å². The van der Waals surface area contributed by atoms with Gasteiger partial charge in [0.05, 0.1) is 6.54 Å². The summed E-state index contributed by atoms with van der Waals surface area (Å²) >= 11 is 0. The van der Waals surface area contributed by atoms with Gasteiger partial charge in [0.2, 0.25) is 5.89 Å². The lowest BCUT2D eigenvalue weighted by molar-refractivity contribution is 0.297. The molecule has 5 heteroatoms. The average molecular weight is 268 g/mol. The Hall–Kier alpha value is -1.10. The third-order valence-electron chi connectivity index (χ3n) is 2.55. The smallest absolute Gasteiger partial charge is 0.315 e. The first-order valence-electron chi connectivity index (χ1n) is 6.91. The zero-order valence-electron chi connectivity index (χ0n) is 13.3. The lowest BCUT2D eigenvalue weighted by Crippen LogP contribution is -2.35. The van der Waals surface area contributed by atoms with Crippen molar-refractivity contribution in [2.75, 3.05) is 5.32 Å². The Balaban J connectivity index is 2.57. The Morgan fingerprint density at radius 1 is 1.11 bits per heavy atom. The van der Waals surface area contributed by atoms with Crippen LogP contribution >= 0.6 is 0 Å². The number of nitrogens with zero attached hydrogens (tertiary/aromatic N) is 2. The van der Waals surface area contributed by atoms with Crippen LogP contribution in [0.25, 0.3) is 0 Å². The van der Waals surface area contributed by atoms with Crippen molar-refractivity contribution in [3.8, 4) is 0 Å². The zero-order valence-corrected chi connectivity index (χ0v) is 13.3. The van der Waals surface area contributed by atoms with E-state index in [4.69, 9.17) is 4.42 Å². The lowest BCUT2D eigenvalue weighted by atomic mass is 9.82. The van der Waals surface area contributed by atoms with Crippen LogP contribution in [-0.4, -0.2) is 21.8 Å². The summed E-state index contributed by atoms with van der Waals surface area (Å²) in [6.07, 6.45) is 1.02. The monoisotopic (exact) mass is 268 g/mol. The van der Waals surface area contributed by atoms with Gasteiger partial charge in [0.1, 0.15) is 0 Å². The van der Waals surface area contributed by atoms with E-state index in [1.165, 1.54) is 0 Å². The van der Waals surface area contributed by atoms with E-state index in [2.05, 4.69) is 69.3 Å². The molecule has 0 unspecified atom stereocenters. The van der Waals surface area contributed by atoms with Crippen molar-refractivity contribution in [2.24, 2.45) is 5.41 Å². The van der Waals surface area contributed by atoms with Crippen LogP contribution in [0, 0.1) is 5.41 Å². The standard InChI is InChI=1S/C14H28N4O/c1-10(2)15-8-11-17-18-12(19-11)16-14(6,7)9-13(3,4)5/h10,15H,8-9H2,1-7H3,(H,16,18). The Morgan fingerprint density at radius 3 is 2.26 bits per heavy atom. The summed E-state index contributed by atoms with van der Waals surface area (Å²) in [5.41, 5.74) is 0.173. The summed E-state index contributed by atoms with van der Waals surface area (Å²) in [5, 5.41) is 14.6.